The van der Waals surface area contributed by atoms with Gasteiger partial charge in [0.1, 0.15) is 10.8 Å². The third-order valence-electron chi connectivity index (χ3n) is 2.95. The number of hydrogen-bond donors (Lipinski definition) is 1. The maximum absolute atomic E-state index is 12.0. The molecule has 1 saturated heterocycles. The molecule has 1 unspecified atom stereocenters. The molecule has 1 atom stereocenters. The SMILES string of the molecule is CC(=O)SC1CC(=O)N(c2cc(Cl)c([N+](=O)[O-])cc2O)C1. The van der Waals surface area contributed by atoms with Crippen LogP contribution in [0.1, 0.15) is 13.3 Å². The second-order valence-corrected chi connectivity index (χ2v) is 6.37. The monoisotopic (exact) mass is 330 g/mol. The Morgan fingerprint density at radius 1 is 1.57 bits per heavy atom. The number of nitro groups is 1. The minimum Gasteiger partial charge on any atom is -0.505 e. The van der Waals surface area contributed by atoms with E-state index in [0.29, 0.717) is 0 Å². The van der Waals surface area contributed by atoms with Gasteiger partial charge in [-0.1, -0.05) is 23.4 Å². The van der Waals surface area contributed by atoms with Crippen LogP contribution in [0.5, 0.6) is 5.75 Å². The zero-order valence-corrected chi connectivity index (χ0v) is 12.5. The Labute approximate surface area is 129 Å². The fourth-order valence-electron chi connectivity index (χ4n) is 2.12. The molecule has 21 heavy (non-hydrogen) atoms. The molecule has 1 heterocycles. The van der Waals surface area contributed by atoms with E-state index in [1.807, 2.05) is 0 Å². The Morgan fingerprint density at radius 3 is 2.81 bits per heavy atom. The van der Waals surface area contributed by atoms with Gasteiger partial charge < -0.3 is 10.0 Å². The van der Waals surface area contributed by atoms with Crippen LogP contribution in [0.15, 0.2) is 12.1 Å². The van der Waals surface area contributed by atoms with Gasteiger partial charge in [0.25, 0.3) is 5.69 Å². The summed E-state index contributed by atoms with van der Waals surface area (Å²) in [5, 5.41) is 20.1. The summed E-state index contributed by atoms with van der Waals surface area (Å²) < 4.78 is 0. The molecule has 1 amide bonds. The maximum atomic E-state index is 12.0. The first kappa shape index (κ1) is 15.6. The summed E-state index contributed by atoms with van der Waals surface area (Å²) in [6.07, 6.45) is 0.165. The molecule has 0 spiro atoms. The minimum atomic E-state index is -0.716. The lowest BCUT2D eigenvalue weighted by atomic mass is 10.2. The van der Waals surface area contributed by atoms with Crippen LogP contribution in [0.2, 0.25) is 5.02 Å². The normalized spacial score (nSPS) is 18.1. The number of hydrogen-bond acceptors (Lipinski definition) is 6. The van der Waals surface area contributed by atoms with Gasteiger partial charge in [-0.05, 0) is 6.07 Å². The summed E-state index contributed by atoms with van der Waals surface area (Å²) in [6.45, 7) is 1.66. The van der Waals surface area contributed by atoms with Gasteiger partial charge in [0.2, 0.25) is 5.91 Å². The van der Waals surface area contributed by atoms with Gasteiger partial charge in [-0.25, -0.2) is 0 Å². The number of rotatable bonds is 3. The number of halogens is 1. The molecule has 7 nitrogen and oxygen atoms in total. The molecule has 0 aromatic heterocycles. The molecule has 0 aliphatic carbocycles. The largest absolute Gasteiger partial charge is 0.505 e. The summed E-state index contributed by atoms with van der Waals surface area (Å²) in [6, 6.07) is 2.10. The topological polar surface area (TPSA) is 101 Å². The predicted molar refractivity (Wildman–Crippen MR) is 78.8 cm³/mol. The van der Waals surface area contributed by atoms with Crippen LogP contribution >= 0.6 is 23.4 Å². The molecule has 1 aliphatic rings. The first-order valence-corrected chi connectivity index (χ1v) is 7.20. The van der Waals surface area contributed by atoms with E-state index in [1.54, 1.807) is 0 Å². The standard InChI is InChI=1S/C12H11ClN2O5S/c1-6(16)21-7-2-12(18)14(5-7)10-3-8(13)9(15(19)20)4-11(10)17/h3-4,7,17H,2,5H2,1H3. The van der Waals surface area contributed by atoms with Crippen LogP contribution < -0.4 is 4.90 Å². The number of thioether (sulfide) groups is 1. The summed E-state index contributed by atoms with van der Waals surface area (Å²) in [5.41, 5.74) is -0.318. The number of carbonyl (C=O) groups excluding carboxylic acids is 2. The average Bonchev–Trinajstić information content (AvgIpc) is 2.71. The van der Waals surface area contributed by atoms with Gasteiger partial charge in [-0.15, -0.1) is 0 Å². The molecule has 2 rings (SSSR count). The zero-order chi connectivity index (χ0) is 15.7. The molecule has 112 valence electrons. The van der Waals surface area contributed by atoms with Crippen molar-refractivity contribution in [3.63, 3.8) is 0 Å². The third kappa shape index (κ3) is 3.27. The van der Waals surface area contributed by atoms with E-state index < -0.39 is 16.4 Å². The second kappa shape index (κ2) is 5.90. The number of anilines is 1. The Kier molecular flexibility index (Phi) is 4.38. The van der Waals surface area contributed by atoms with Gasteiger partial charge in [-0.2, -0.15) is 0 Å². The number of benzene rings is 1. The maximum Gasteiger partial charge on any atom is 0.291 e. The molecule has 1 aromatic rings. The Bertz CT molecular complexity index is 636. The highest BCUT2D eigenvalue weighted by molar-refractivity contribution is 8.14. The fraction of sp³-hybridized carbons (Fsp3) is 0.333. The van der Waals surface area contributed by atoms with E-state index in [0.717, 1.165) is 17.8 Å². The smallest absolute Gasteiger partial charge is 0.291 e. The summed E-state index contributed by atoms with van der Waals surface area (Å²) in [5.74, 6) is -0.665. The van der Waals surface area contributed by atoms with Crippen LogP contribution in [0, 0.1) is 10.1 Å². The van der Waals surface area contributed by atoms with Crippen molar-refractivity contribution in [3.8, 4) is 5.75 Å². The van der Waals surface area contributed by atoms with Crippen molar-refractivity contribution >= 4 is 45.8 Å². The van der Waals surface area contributed by atoms with Crippen LogP contribution in [0.25, 0.3) is 0 Å². The molecule has 9 heteroatoms. The number of carbonyl (C=O) groups is 2. The number of nitro benzene ring substituents is 1. The molecular weight excluding hydrogens is 320 g/mol. The lowest BCUT2D eigenvalue weighted by molar-refractivity contribution is -0.384. The van der Waals surface area contributed by atoms with Gasteiger partial charge in [0.15, 0.2) is 5.12 Å². The minimum absolute atomic E-state index is 0.0967. The van der Waals surface area contributed by atoms with Crippen molar-refractivity contribution in [1.29, 1.82) is 0 Å². The van der Waals surface area contributed by atoms with E-state index >= 15 is 0 Å². The van der Waals surface area contributed by atoms with Crippen molar-refractivity contribution in [2.24, 2.45) is 0 Å². The zero-order valence-electron chi connectivity index (χ0n) is 10.9. The van der Waals surface area contributed by atoms with E-state index in [2.05, 4.69) is 0 Å². The summed E-state index contributed by atoms with van der Waals surface area (Å²) in [4.78, 5) is 34.3. The third-order valence-corrected chi connectivity index (χ3v) is 4.24. The van der Waals surface area contributed by atoms with Gasteiger partial charge in [0.05, 0.1) is 16.7 Å². The Hall–Kier alpha value is -1.80. The molecule has 0 radical (unpaired) electrons. The van der Waals surface area contributed by atoms with E-state index in [1.165, 1.54) is 17.9 Å². The predicted octanol–water partition coefficient (Wildman–Crippen LogP) is 2.34. The van der Waals surface area contributed by atoms with Crippen molar-refractivity contribution in [1.82, 2.24) is 0 Å². The Morgan fingerprint density at radius 2 is 2.24 bits per heavy atom. The summed E-state index contributed by atoms with van der Waals surface area (Å²) in [7, 11) is 0. The average molecular weight is 331 g/mol. The van der Waals surface area contributed by atoms with Gasteiger partial charge in [0, 0.05) is 25.1 Å². The Balaban J connectivity index is 2.30. The van der Waals surface area contributed by atoms with Crippen LogP contribution in [-0.2, 0) is 9.59 Å². The van der Waals surface area contributed by atoms with Crippen molar-refractivity contribution < 1.29 is 19.6 Å². The molecule has 0 saturated carbocycles. The molecule has 1 N–H and O–H groups in total. The van der Waals surface area contributed by atoms with Crippen molar-refractivity contribution in [3.05, 3.63) is 27.3 Å². The van der Waals surface area contributed by atoms with Gasteiger partial charge in [-0.3, -0.25) is 19.7 Å². The molecule has 0 bridgehead atoms. The number of phenolic OH excluding ortho intramolecular Hbond substituents is 1. The number of phenols is 1. The molecule has 1 aliphatic heterocycles. The summed E-state index contributed by atoms with van der Waals surface area (Å²) >= 11 is 6.85. The lowest BCUT2D eigenvalue weighted by Crippen LogP contribution is -2.25. The first-order valence-electron chi connectivity index (χ1n) is 5.94. The highest BCUT2D eigenvalue weighted by Crippen LogP contribution is 2.39. The lowest BCUT2D eigenvalue weighted by Gasteiger charge is -2.18. The first-order chi connectivity index (χ1) is 9.79. The van der Waals surface area contributed by atoms with E-state index in [4.69, 9.17) is 11.6 Å². The molecule has 1 fully saturated rings. The molecule has 1 aromatic carbocycles. The quantitative estimate of drug-likeness (QED) is 0.674. The van der Waals surface area contributed by atoms with Crippen LogP contribution in [0.3, 0.4) is 0 Å². The molecular formula is C12H11ClN2O5S. The number of aromatic hydroxyl groups is 1. The number of amides is 1. The van der Waals surface area contributed by atoms with Crippen molar-refractivity contribution in [2.75, 3.05) is 11.4 Å². The van der Waals surface area contributed by atoms with Crippen LogP contribution in [0.4, 0.5) is 11.4 Å². The van der Waals surface area contributed by atoms with E-state index in [-0.39, 0.29) is 39.9 Å². The highest BCUT2D eigenvalue weighted by Gasteiger charge is 2.34. The fourth-order valence-corrected chi connectivity index (χ4v) is 3.26. The van der Waals surface area contributed by atoms with Crippen molar-refractivity contribution in [2.45, 2.75) is 18.6 Å². The van der Waals surface area contributed by atoms with E-state index in [9.17, 15) is 24.8 Å². The second-order valence-electron chi connectivity index (χ2n) is 4.49. The van der Waals surface area contributed by atoms with Crippen LogP contribution in [-0.4, -0.2) is 32.8 Å². The highest BCUT2D eigenvalue weighted by atomic mass is 35.5. The number of nitrogens with zero attached hydrogens (tertiary/aromatic N) is 2. The van der Waals surface area contributed by atoms with Gasteiger partial charge >= 0.3 is 0 Å².